The minimum absolute atomic E-state index is 0.0580. The summed E-state index contributed by atoms with van der Waals surface area (Å²) >= 11 is 0. The van der Waals surface area contributed by atoms with Gasteiger partial charge in [-0.05, 0) is 35.9 Å². The van der Waals surface area contributed by atoms with Crippen molar-refractivity contribution in [2.75, 3.05) is 25.1 Å². The van der Waals surface area contributed by atoms with Crippen LogP contribution in [0.3, 0.4) is 0 Å². The summed E-state index contributed by atoms with van der Waals surface area (Å²) < 4.78 is 0. The van der Waals surface area contributed by atoms with Crippen molar-refractivity contribution in [3.8, 4) is 0 Å². The minimum atomic E-state index is -0.0580. The highest BCUT2D eigenvalue weighted by molar-refractivity contribution is 5.95. The molecule has 104 valence electrons. The van der Waals surface area contributed by atoms with Crippen LogP contribution in [-0.4, -0.2) is 29.9 Å². The molecule has 0 aliphatic rings. The summed E-state index contributed by atoms with van der Waals surface area (Å²) in [6.45, 7) is 0.660. The second-order valence-electron chi connectivity index (χ2n) is 4.71. The number of hydrogen-bond donors (Lipinski definition) is 2. The van der Waals surface area contributed by atoms with E-state index in [4.69, 9.17) is 5.73 Å². The number of rotatable bonds is 4. The molecule has 20 heavy (non-hydrogen) atoms. The van der Waals surface area contributed by atoms with Crippen molar-refractivity contribution in [2.45, 2.75) is 6.54 Å². The Morgan fingerprint density at radius 1 is 1.25 bits per heavy atom. The van der Waals surface area contributed by atoms with E-state index < -0.39 is 0 Å². The van der Waals surface area contributed by atoms with Gasteiger partial charge in [-0.25, -0.2) is 0 Å². The van der Waals surface area contributed by atoms with Crippen LogP contribution < -0.4 is 11.1 Å². The van der Waals surface area contributed by atoms with E-state index in [1.807, 2.05) is 18.2 Å². The highest BCUT2D eigenvalue weighted by Gasteiger charge is 2.09. The molecule has 1 amide bonds. The van der Waals surface area contributed by atoms with Gasteiger partial charge in [-0.1, -0.05) is 0 Å². The van der Waals surface area contributed by atoms with Crippen LogP contribution in [0.5, 0.6) is 0 Å². The lowest BCUT2D eigenvalue weighted by Crippen LogP contribution is -2.21. The van der Waals surface area contributed by atoms with Gasteiger partial charge in [-0.3, -0.25) is 9.78 Å². The molecule has 1 aromatic carbocycles. The molecule has 0 fully saturated rings. The molecule has 2 aromatic rings. The molecule has 0 saturated heterocycles. The molecule has 0 bridgehead atoms. The van der Waals surface area contributed by atoms with Crippen LogP contribution in [0.15, 0.2) is 42.7 Å². The second kappa shape index (κ2) is 6.06. The average Bonchev–Trinajstić information content (AvgIpc) is 2.46. The predicted molar refractivity (Wildman–Crippen MR) is 80.4 cm³/mol. The number of carbonyl (C=O) groups is 1. The number of nitrogens with one attached hydrogen (secondary N) is 1. The largest absolute Gasteiger partial charge is 0.397 e. The maximum atomic E-state index is 11.8. The molecule has 2 rings (SSSR count). The number of carbonyl (C=O) groups excluding carboxylic acids is 1. The van der Waals surface area contributed by atoms with E-state index in [1.54, 1.807) is 38.6 Å². The Bertz CT molecular complexity index is 596. The molecular formula is C15H18N4O. The fourth-order valence-electron chi connectivity index (χ4n) is 1.81. The zero-order valence-electron chi connectivity index (χ0n) is 11.6. The molecule has 0 radical (unpaired) electrons. The molecule has 0 saturated carbocycles. The van der Waals surface area contributed by atoms with Crippen molar-refractivity contribution in [3.05, 3.63) is 53.9 Å². The van der Waals surface area contributed by atoms with E-state index in [1.165, 1.54) is 4.90 Å². The molecule has 5 heteroatoms. The first kappa shape index (κ1) is 13.9. The third kappa shape index (κ3) is 3.26. The fraction of sp³-hybridized carbons (Fsp3) is 0.200. The van der Waals surface area contributed by atoms with E-state index in [0.717, 1.165) is 11.3 Å². The van der Waals surface area contributed by atoms with Crippen LogP contribution in [0, 0.1) is 0 Å². The van der Waals surface area contributed by atoms with Crippen molar-refractivity contribution < 1.29 is 4.79 Å². The highest BCUT2D eigenvalue weighted by atomic mass is 16.2. The quantitative estimate of drug-likeness (QED) is 0.833. The summed E-state index contributed by atoms with van der Waals surface area (Å²) in [6, 6.07) is 9.16. The lowest BCUT2D eigenvalue weighted by atomic mass is 10.1. The standard InChI is InChI=1S/C15H18N4O/c1-19(2)15(20)12-3-4-14(13(16)9-12)18-10-11-5-7-17-8-6-11/h3-9,18H,10,16H2,1-2H3. The number of pyridine rings is 1. The van der Waals surface area contributed by atoms with Crippen molar-refractivity contribution in [2.24, 2.45) is 0 Å². The lowest BCUT2D eigenvalue weighted by Gasteiger charge is -2.13. The van der Waals surface area contributed by atoms with E-state index >= 15 is 0 Å². The zero-order chi connectivity index (χ0) is 14.5. The maximum absolute atomic E-state index is 11.8. The third-order valence-electron chi connectivity index (χ3n) is 2.94. The molecule has 0 aliphatic carbocycles. The Balaban J connectivity index is 2.08. The van der Waals surface area contributed by atoms with Crippen LogP contribution in [0.2, 0.25) is 0 Å². The van der Waals surface area contributed by atoms with E-state index in [2.05, 4.69) is 10.3 Å². The van der Waals surface area contributed by atoms with E-state index in [9.17, 15) is 4.79 Å². The summed E-state index contributed by atoms with van der Waals surface area (Å²) in [6.07, 6.45) is 3.50. The van der Waals surface area contributed by atoms with Gasteiger partial charge < -0.3 is 16.0 Å². The molecule has 1 aromatic heterocycles. The first-order chi connectivity index (χ1) is 9.58. The van der Waals surface area contributed by atoms with Crippen molar-refractivity contribution in [1.29, 1.82) is 0 Å². The van der Waals surface area contributed by atoms with Crippen molar-refractivity contribution in [3.63, 3.8) is 0 Å². The number of hydrogen-bond acceptors (Lipinski definition) is 4. The normalized spacial score (nSPS) is 10.1. The first-order valence-electron chi connectivity index (χ1n) is 6.32. The summed E-state index contributed by atoms with van der Waals surface area (Å²) in [7, 11) is 3.43. The number of aromatic nitrogens is 1. The average molecular weight is 270 g/mol. The molecule has 0 unspecified atom stereocenters. The van der Waals surface area contributed by atoms with Gasteiger partial charge in [-0.2, -0.15) is 0 Å². The molecule has 0 aliphatic heterocycles. The molecule has 5 nitrogen and oxygen atoms in total. The lowest BCUT2D eigenvalue weighted by molar-refractivity contribution is 0.0827. The van der Waals surface area contributed by atoms with Crippen LogP contribution in [0.25, 0.3) is 0 Å². The van der Waals surface area contributed by atoms with Gasteiger partial charge in [0.05, 0.1) is 11.4 Å². The van der Waals surface area contributed by atoms with Gasteiger partial charge in [0.2, 0.25) is 0 Å². The summed E-state index contributed by atoms with van der Waals surface area (Å²) in [4.78, 5) is 17.3. The Hall–Kier alpha value is -2.56. The number of nitrogen functional groups attached to an aromatic ring is 1. The Morgan fingerprint density at radius 2 is 1.95 bits per heavy atom. The van der Waals surface area contributed by atoms with E-state index in [-0.39, 0.29) is 5.91 Å². The fourth-order valence-corrected chi connectivity index (χ4v) is 1.81. The van der Waals surface area contributed by atoms with Gasteiger partial charge in [0.15, 0.2) is 0 Å². The number of nitrogens with zero attached hydrogens (tertiary/aromatic N) is 2. The Morgan fingerprint density at radius 3 is 2.55 bits per heavy atom. The van der Waals surface area contributed by atoms with Crippen molar-refractivity contribution in [1.82, 2.24) is 9.88 Å². The zero-order valence-corrected chi connectivity index (χ0v) is 11.6. The maximum Gasteiger partial charge on any atom is 0.253 e. The molecule has 0 spiro atoms. The number of amides is 1. The molecule has 3 N–H and O–H groups in total. The Kier molecular flexibility index (Phi) is 4.20. The van der Waals surface area contributed by atoms with Crippen LogP contribution in [0.1, 0.15) is 15.9 Å². The third-order valence-corrected chi connectivity index (χ3v) is 2.94. The van der Waals surface area contributed by atoms with Crippen LogP contribution in [-0.2, 0) is 6.54 Å². The van der Waals surface area contributed by atoms with Crippen LogP contribution >= 0.6 is 0 Å². The molecular weight excluding hydrogens is 252 g/mol. The SMILES string of the molecule is CN(C)C(=O)c1ccc(NCc2ccncc2)c(N)c1. The molecule has 0 atom stereocenters. The first-order valence-corrected chi connectivity index (χ1v) is 6.32. The number of nitrogens with two attached hydrogens (primary N) is 1. The Labute approximate surface area is 118 Å². The summed E-state index contributed by atoms with van der Waals surface area (Å²) in [5.41, 5.74) is 9.06. The van der Waals surface area contributed by atoms with Gasteiger partial charge in [0.1, 0.15) is 0 Å². The summed E-state index contributed by atoms with van der Waals surface area (Å²) in [5, 5.41) is 3.25. The number of anilines is 2. The smallest absolute Gasteiger partial charge is 0.253 e. The van der Waals surface area contributed by atoms with Crippen molar-refractivity contribution >= 4 is 17.3 Å². The van der Waals surface area contributed by atoms with Gasteiger partial charge in [0.25, 0.3) is 5.91 Å². The van der Waals surface area contributed by atoms with E-state index in [0.29, 0.717) is 17.8 Å². The minimum Gasteiger partial charge on any atom is -0.397 e. The van der Waals surface area contributed by atoms with Gasteiger partial charge in [-0.15, -0.1) is 0 Å². The monoisotopic (exact) mass is 270 g/mol. The predicted octanol–water partition coefficient (Wildman–Crippen LogP) is 1.98. The number of benzene rings is 1. The topological polar surface area (TPSA) is 71.2 Å². The summed E-state index contributed by atoms with van der Waals surface area (Å²) in [5.74, 6) is -0.0580. The van der Waals surface area contributed by atoms with Gasteiger partial charge >= 0.3 is 0 Å². The second-order valence-corrected chi connectivity index (χ2v) is 4.71. The molecule has 1 heterocycles. The highest BCUT2D eigenvalue weighted by Crippen LogP contribution is 2.21. The van der Waals surface area contributed by atoms with Gasteiger partial charge in [0, 0.05) is 38.6 Å². The van der Waals surface area contributed by atoms with Crippen LogP contribution in [0.4, 0.5) is 11.4 Å².